The van der Waals surface area contributed by atoms with Crippen LogP contribution >= 0.6 is 0 Å². The number of nitrogens with two attached hydrogens (primary N) is 3. The van der Waals surface area contributed by atoms with Crippen LogP contribution in [-0.4, -0.2) is 178 Å². The number of benzene rings is 2. The van der Waals surface area contributed by atoms with Crippen LogP contribution in [0, 0.1) is 28.6 Å². The van der Waals surface area contributed by atoms with Gasteiger partial charge in [-0.3, -0.25) is 43.4 Å². The highest BCUT2D eigenvalue weighted by molar-refractivity contribution is 7.85. The number of ether oxygens (including phenoxy) is 5. The van der Waals surface area contributed by atoms with E-state index in [0.717, 1.165) is 87.4 Å². The number of aromatic nitrogens is 3. The Morgan fingerprint density at radius 3 is 1.87 bits per heavy atom. The molecule has 1 heterocycles. The number of hydrogen-bond acceptors (Lipinski definition) is 19. The van der Waals surface area contributed by atoms with Crippen molar-refractivity contribution in [2.75, 3.05) is 95.9 Å². The van der Waals surface area contributed by atoms with Gasteiger partial charge >= 0.3 is 6.03 Å². The summed E-state index contributed by atoms with van der Waals surface area (Å²) in [6.07, 6.45) is 13.4. The van der Waals surface area contributed by atoms with Crippen LogP contribution < -0.4 is 54.4 Å². The van der Waals surface area contributed by atoms with E-state index >= 15 is 0 Å². The van der Waals surface area contributed by atoms with Gasteiger partial charge in [0.1, 0.15) is 30.5 Å². The normalized spacial score (nSPS) is 23.7. The Hall–Kier alpha value is -7.19. The summed E-state index contributed by atoms with van der Waals surface area (Å²) in [6, 6.07) is 8.13. The number of carbonyl (C=O) groups is 8. The van der Waals surface area contributed by atoms with E-state index in [-0.39, 0.29) is 99.5 Å². The predicted molar refractivity (Wildman–Crippen MR) is 390 cm³/mol. The highest BCUT2D eigenvalue weighted by Crippen LogP contribution is 2.60. The van der Waals surface area contributed by atoms with E-state index in [0.29, 0.717) is 108 Å². The van der Waals surface area contributed by atoms with Crippen LogP contribution in [0.4, 0.5) is 16.2 Å². The molecule has 1 unspecified atom stereocenters. The predicted octanol–water partition coefficient (Wildman–Crippen LogP) is 5.19. The Morgan fingerprint density at radius 2 is 1.24 bits per heavy atom. The van der Waals surface area contributed by atoms with E-state index in [4.69, 9.17) is 45.4 Å². The lowest BCUT2D eigenvalue weighted by atomic mass is 9.49. The lowest BCUT2D eigenvalue weighted by Crippen LogP contribution is -2.60. The number of nitrogens with zero attached hydrogens (tertiary/aromatic N) is 3. The molecule has 0 spiro atoms. The second-order valence-corrected chi connectivity index (χ2v) is 31.7. The summed E-state index contributed by atoms with van der Waals surface area (Å²) in [4.78, 5) is 108. The fraction of sp³-hybridized carbons (Fsp3) is 0.703. The number of nitrogens with one attached hydrogen (secondary N) is 7. The number of anilines is 2. The molecule has 104 heavy (non-hydrogen) atoms. The zero-order chi connectivity index (χ0) is 75.2. The lowest BCUT2D eigenvalue weighted by Gasteiger charge is -2.56. The minimum atomic E-state index is -4.14. The van der Waals surface area contributed by atoms with Gasteiger partial charge in [0.2, 0.25) is 41.4 Å². The molecule has 0 aliphatic heterocycles. The van der Waals surface area contributed by atoms with Gasteiger partial charge < -0.3 is 72.8 Å². The molecule has 5 aliphatic rings. The Balaban J connectivity index is 0.753. The maximum atomic E-state index is 14.9. The Bertz CT molecular complexity index is 3560. The van der Waals surface area contributed by atoms with Crippen molar-refractivity contribution in [2.45, 2.75) is 218 Å². The fourth-order valence-corrected chi connectivity index (χ4v) is 17.1. The zero-order valence-electron chi connectivity index (χ0n) is 61.8. The molecule has 2 fully saturated rings. The van der Waals surface area contributed by atoms with Crippen LogP contribution in [0.3, 0.4) is 0 Å². The van der Waals surface area contributed by atoms with Crippen molar-refractivity contribution in [1.82, 2.24) is 46.9 Å². The van der Waals surface area contributed by atoms with Gasteiger partial charge in [0.25, 0.3) is 10.1 Å². The van der Waals surface area contributed by atoms with Gasteiger partial charge in [-0.15, -0.1) is 5.10 Å². The number of nitrogen functional groups attached to an aromatic ring is 1. The first-order valence-corrected chi connectivity index (χ1v) is 39.1. The molecule has 8 rings (SSSR count). The molecule has 2 aromatic carbocycles. The summed E-state index contributed by atoms with van der Waals surface area (Å²) in [7, 11) is -4.14. The number of unbranched alkanes of at least 4 members (excludes halogenated alkanes) is 1. The first kappa shape index (κ1) is 82.5. The van der Waals surface area contributed by atoms with Crippen molar-refractivity contribution in [3.63, 3.8) is 0 Å². The number of fused-ring (bicyclic) bond motifs is 7. The number of aryl methyl sites for hydroxylation is 2. The van der Waals surface area contributed by atoms with Crippen LogP contribution in [-0.2, 0) is 104 Å². The number of imide groups is 1. The first-order valence-electron chi connectivity index (χ1n) is 37.5. The molecule has 9 amide bonds. The van der Waals surface area contributed by atoms with E-state index < -0.39 is 86.0 Å². The van der Waals surface area contributed by atoms with Crippen LogP contribution in [0.5, 0.6) is 0 Å². The summed E-state index contributed by atoms with van der Waals surface area (Å²) in [6.45, 7) is 15.1. The molecule has 2 saturated carbocycles. The number of primary amides is 1. The lowest BCUT2D eigenvalue weighted by molar-refractivity contribution is -0.150. The average molecular weight is 1470 g/mol. The molecule has 0 saturated heterocycles. The van der Waals surface area contributed by atoms with Crippen LogP contribution in [0.15, 0.2) is 36.4 Å². The number of urea groups is 1. The second kappa shape index (κ2) is 38.4. The number of rotatable bonds is 39. The number of carbonyl (C=O) groups excluding carboxylic acids is 8. The summed E-state index contributed by atoms with van der Waals surface area (Å²) in [5, 5.41) is 28.5. The largest absolute Gasteiger partial charge is 0.399 e. The average Bonchev–Trinajstić information content (AvgIpc) is 0.806. The third-order valence-corrected chi connectivity index (χ3v) is 23.1. The smallest absolute Gasteiger partial charge is 0.312 e. The van der Waals surface area contributed by atoms with Gasteiger partial charge in [-0.1, -0.05) is 84.6 Å². The van der Waals surface area contributed by atoms with Crippen molar-refractivity contribution in [1.29, 1.82) is 0 Å². The maximum absolute atomic E-state index is 14.9. The topological polar surface area (TPSA) is 430 Å². The van der Waals surface area contributed by atoms with Crippen molar-refractivity contribution >= 4 is 68.9 Å². The molecule has 1 aromatic heterocycles. The van der Waals surface area contributed by atoms with E-state index in [1.165, 1.54) is 11.1 Å². The van der Waals surface area contributed by atoms with E-state index in [1.807, 2.05) is 35.9 Å². The summed E-state index contributed by atoms with van der Waals surface area (Å²) < 4.78 is 60.4. The van der Waals surface area contributed by atoms with Crippen LogP contribution in [0.1, 0.15) is 197 Å². The van der Waals surface area contributed by atoms with Gasteiger partial charge in [0, 0.05) is 37.4 Å². The van der Waals surface area contributed by atoms with Gasteiger partial charge in [0.05, 0.1) is 87.7 Å². The number of hydrogen-bond donors (Lipinski definition) is 11. The van der Waals surface area contributed by atoms with E-state index in [2.05, 4.69) is 80.4 Å². The molecule has 30 heteroatoms. The first-order chi connectivity index (χ1) is 49.6. The molecule has 5 aliphatic carbocycles. The van der Waals surface area contributed by atoms with E-state index in [1.54, 1.807) is 13.8 Å². The van der Waals surface area contributed by atoms with Crippen molar-refractivity contribution in [3.05, 3.63) is 70.0 Å². The molecule has 14 N–H and O–H groups in total. The second-order valence-electron chi connectivity index (χ2n) is 30.2. The number of amides is 9. The molecule has 0 bridgehead atoms. The summed E-state index contributed by atoms with van der Waals surface area (Å²) in [5.41, 5.74) is 23.3. The summed E-state index contributed by atoms with van der Waals surface area (Å²) in [5.74, 6) is -3.83. The monoisotopic (exact) mass is 1470 g/mol. The highest BCUT2D eigenvalue weighted by atomic mass is 32.2. The van der Waals surface area contributed by atoms with Gasteiger partial charge in [-0.25, -0.2) is 9.48 Å². The fourth-order valence-electron chi connectivity index (χ4n) is 16.7. The quantitative estimate of drug-likeness (QED) is 0.0152. The maximum Gasteiger partial charge on any atom is 0.312 e. The molecular formula is C74H115N13O16S. The SMILES string of the molecule is CC(C)[C@H](NC(=O)[C@H](N)CCCCNC(=O)COC1CCCCCc2c1nnn2CCOCCOCCOCCOCCC(=O)NCCS(=O)(=O)O)C(=O)N[C@@H](CCCNC(N)=O)C(=O)Nc1ccc2c(c1)[C@@]1(C)CCC[C@](C)(C(=O)NC(=O)[C@@]3(C)CCC[C@]4(C)c5cc(N)ccc5CC[C@@H]34)[C@@H]1CC2. The Labute approximate surface area is 612 Å². The van der Waals surface area contributed by atoms with Gasteiger partial charge in [-0.05, 0) is 178 Å². The van der Waals surface area contributed by atoms with Gasteiger partial charge in [-0.2, -0.15) is 8.42 Å². The minimum absolute atomic E-state index is 0.0376. The molecule has 578 valence electrons. The standard InChI is InChI=1S/C74H115N13O16S/c1-48(2)63(83-65(90)55(76)15-10-11-32-78-62(89)47-103-58-18-9-7-8-17-57-64(58)85-86-87(57)35-37-100-39-41-102-43-42-101-40-38-99-36-27-61(88)79-34-44-104(96,97)98)67(92)82-56(16-12-33-80-70(77)95)66(91)81-52-24-20-50-22-26-60-72(4,54(50)46-52)29-14-31-74(60,6)69(94)84-68(93)73(5)30-13-28-71(3)53-45-51(75)23-19-49(53)21-25-59(71)73/h19-20,23-24,45-46,48,55-56,58-60,63H,7-18,21-22,25-44,47,75-76H2,1-6H3,(H,78,89)(H,79,88)(H,81,91)(H,82,92)(H,83,90)(H3,77,80,95)(H,84,93,94)(H,96,97,98)/t55-,56+,58?,59-,60-,63+,71-,72-,73+,74+/m1/s1. The van der Waals surface area contributed by atoms with Crippen molar-refractivity contribution in [3.8, 4) is 0 Å². The Kier molecular flexibility index (Phi) is 30.4. The minimum Gasteiger partial charge on any atom is -0.399 e. The molecule has 10 atom stereocenters. The zero-order valence-corrected chi connectivity index (χ0v) is 62.6. The molecule has 0 radical (unpaired) electrons. The van der Waals surface area contributed by atoms with Crippen molar-refractivity contribution in [2.24, 2.45) is 40.1 Å². The third kappa shape index (κ3) is 22.2. The summed E-state index contributed by atoms with van der Waals surface area (Å²) >= 11 is 0. The van der Waals surface area contributed by atoms with Crippen LogP contribution in [0.25, 0.3) is 0 Å². The molecular weight excluding hydrogens is 1360 g/mol. The highest BCUT2D eigenvalue weighted by Gasteiger charge is 2.59. The third-order valence-electron chi connectivity index (χ3n) is 22.4. The molecule has 3 aromatic rings. The van der Waals surface area contributed by atoms with Crippen LogP contribution in [0.2, 0.25) is 0 Å². The van der Waals surface area contributed by atoms with Gasteiger partial charge in [0.15, 0.2) is 0 Å². The van der Waals surface area contributed by atoms with Crippen molar-refractivity contribution < 1.29 is 75.0 Å². The Morgan fingerprint density at radius 1 is 0.644 bits per heavy atom. The molecule has 29 nitrogen and oxygen atoms in total. The van der Waals surface area contributed by atoms with E-state index in [9.17, 15) is 46.8 Å².